The number of carbonyl (C=O) groups is 2. The van der Waals surface area contributed by atoms with Crippen LogP contribution in [0, 0.1) is 34.5 Å². The first kappa shape index (κ1) is 27.3. The third-order valence-electron chi connectivity index (χ3n) is 12.9. The Hall–Kier alpha value is -1.30. The lowest BCUT2D eigenvalue weighted by molar-refractivity contribution is -0.445. The van der Waals surface area contributed by atoms with Crippen LogP contribution < -0.4 is 0 Å². The van der Waals surface area contributed by atoms with E-state index >= 15 is 0 Å². The molecule has 41 heavy (non-hydrogen) atoms. The lowest BCUT2D eigenvalue weighted by Gasteiger charge is -2.65. The molecule has 8 rings (SSSR count). The number of esters is 1. The van der Waals surface area contributed by atoms with Gasteiger partial charge in [-0.2, -0.15) is 0 Å². The summed E-state index contributed by atoms with van der Waals surface area (Å²) >= 11 is 1.56. The summed E-state index contributed by atoms with van der Waals surface area (Å²) in [6.07, 6.45) is 9.34. The molecular weight excluding hydrogens is 546 g/mol. The minimum atomic E-state index is -1.74. The first-order valence-electron chi connectivity index (χ1n) is 15.5. The highest BCUT2D eigenvalue weighted by Gasteiger charge is 2.72. The Bertz CT molecular complexity index is 1230. The molecule has 0 unspecified atom stereocenters. The van der Waals surface area contributed by atoms with Crippen molar-refractivity contribution in [1.82, 2.24) is 0 Å². The summed E-state index contributed by atoms with van der Waals surface area (Å²) in [4.78, 5) is 29.1. The van der Waals surface area contributed by atoms with Gasteiger partial charge in [-0.15, -0.1) is 11.8 Å². The van der Waals surface area contributed by atoms with Gasteiger partial charge >= 0.3 is 5.97 Å². The largest absolute Gasteiger partial charge is 0.458 e. The number of aldehydes is 1. The van der Waals surface area contributed by atoms with E-state index in [9.17, 15) is 19.8 Å². The smallest absolute Gasteiger partial charge is 0.331 e. The summed E-state index contributed by atoms with van der Waals surface area (Å²) in [7, 11) is 0. The standard InChI is InChI=1S/C31H41NO8S/c1-17-13-30(32-9-10-41-30)31(36)26(38-17)39-23-12-19-3-4-22-21(28(19,16-33)14-24(23)40-31)5-7-27(2)20(6-8-29(22,27)35)18-11-25(34)37-15-18/h9,11,16-17,19-24,26,35-36H,3-8,10,12-15H2,1-2H3/t17-,19+,20+,21+,22-,23-,24-,26+,27-,28-,29+,30+,31-/m1/s1. The second-order valence-corrected chi connectivity index (χ2v) is 15.7. The number of carbonyl (C=O) groups excluding carboxylic acids is 2. The molecule has 4 aliphatic carbocycles. The zero-order valence-electron chi connectivity index (χ0n) is 23.8. The van der Waals surface area contributed by atoms with Gasteiger partial charge in [0.05, 0.1) is 23.9 Å². The van der Waals surface area contributed by atoms with Gasteiger partial charge in [-0.05, 0) is 87.5 Å². The predicted octanol–water partition coefficient (Wildman–Crippen LogP) is 3.15. The van der Waals surface area contributed by atoms with E-state index in [2.05, 4.69) is 6.92 Å². The van der Waals surface area contributed by atoms with Crippen molar-refractivity contribution in [3.63, 3.8) is 0 Å². The number of nitrogens with zero attached hydrogens (tertiary/aromatic N) is 1. The number of aliphatic hydroxyl groups is 2. The van der Waals surface area contributed by atoms with Gasteiger partial charge in [0.25, 0.3) is 5.79 Å². The fourth-order valence-corrected chi connectivity index (χ4v) is 12.3. The third-order valence-corrected chi connectivity index (χ3v) is 14.2. The number of rotatable bonds is 2. The van der Waals surface area contributed by atoms with Crippen LogP contribution in [0.2, 0.25) is 0 Å². The van der Waals surface area contributed by atoms with Crippen molar-refractivity contribution in [2.45, 2.75) is 112 Å². The average molecular weight is 588 g/mol. The van der Waals surface area contributed by atoms with Crippen LogP contribution in [0.5, 0.6) is 0 Å². The Labute approximate surface area is 244 Å². The Morgan fingerprint density at radius 3 is 2.66 bits per heavy atom. The first-order chi connectivity index (χ1) is 19.6. The maximum absolute atomic E-state index is 13.3. The van der Waals surface area contributed by atoms with E-state index in [4.69, 9.17) is 23.9 Å². The molecule has 0 bridgehead atoms. The van der Waals surface area contributed by atoms with Crippen molar-refractivity contribution < 1.29 is 38.7 Å². The lowest BCUT2D eigenvalue weighted by Crippen LogP contribution is -2.73. The highest BCUT2D eigenvalue weighted by Crippen LogP contribution is 2.70. The molecule has 4 heterocycles. The summed E-state index contributed by atoms with van der Waals surface area (Å²) in [5, 5.41) is 24.6. The van der Waals surface area contributed by atoms with Crippen LogP contribution in [0.1, 0.15) is 71.6 Å². The second kappa shape index (κ2) is 8.88. The molecule has 9 nitrogen and oxygen atoms in total. The quantitative estimate of drug-likeness (QED) is 0.285. The van der Waals surface area contributed by atoms with Gasteiger partial charge in [0.2, 0.25) is 6.29 Å². The van der Waals surface area contributed by atoms with Crippen LogP contribution in [0.4, 0.5) is 0 Å². The van der Waals surface area contributed by atoms with Crippen LogP contribution in [-0.2, 0) is 28.5 Å². The molecule has 6 fully saturated rings. The predicted molar refractivity (Wildman–Crippen MR) is 149 cm³/mol. The minimum Gasteiger partial charge on any atom is -0.458 e. The van der Waals surface area contributed by atoms with E-state index in [0.717, 1.165) is 37.7 Å². The van der Waals surface area contributed by atoms with Gasteiger partial charge in [0.1, 0.15) is 12.9 Å². The molecule has 2 N–H and O–H groups in total. The van der Waals surface area contributed by atoms with E-state index in [1.807, 2.05) is 13.1 Å². The van der Waals surface area contributed by atoms with Crippen molar-refractivity contribution in [2.75, 3.05) is 12.4 Å². The Kier molecular flexibility index (Phi) is 5.91. The topological polar surface area (TPSA) is 124 Å². The molecule has 0 aromatic rings. The van der Waals surface area contributed by atoms with Gasteiger partial charge in [0.15, 0.2) is 4.87 Å². The molecule has 0 aromatic heterocycles. The summed E-state index contributed by atoms with van der Waals surface area (Å²) in [6, 6.07) is 0. The van der Waals surface area contributed by atoms with E-state index in [0.29, 0.717) is 38.0 Å². The number of hydrogen-bond acceptors (Lipinski definition) is 10. The van der Waals surface area contributed by atoms with Gasteiger partial charge in [-0.3, -0.25) is 4.99 Å². The third kappa shape index (κ3) is 3.41. The number of ether oxygens (including phenoxy) is 4. The average Bonchev–Trinajstić information content (AvgIpc) is 3.65. The highest BCUT2D eigenvalue weighted by atomic mass is 32.2. The molecule has 10 heteroatoms. The van der Waals surface area contributed by atoms with Crippen LogP contribution >= 0.6 is 11.8 Å². The van der Waals surface area contributed by atoms with Crippen LogP contribution in [0.15, 0.2) is 16.6 Å². The Balaban J connectivity index is 1.10. The number of cyclic esters (lactones) is 1. The number of aliphatic imine (C=N–C) groups is 1. The molecule has 13 atom stereocenters. The SMILES string of the molecule is C[C@@H]1C[C@@]2(N=CCS2)[C@]2(O)O[C@@H]3C[C@@]4(C=O)[C@@H](CC[C@@H]5[C@@H]4CC[C@]4(C)[C@H](C6=CC(=O)OC6)CC[C@]54O)C[C@H]3O[C@@H]2O1. The summed E-state index contributed by atoms with van der Waals surface area (Å²) in [5.41, 5.74) is -0.925. The van der Waals surface area contributed by atoms with Crippen molar-refractivity contribution in [1.29, 1.82) is 0 Å². The maximum atomic E-state index is 13.3. The van der Waals surface area contributed by atoms with Crippen LogP contribution in [-0.4, -0.2) is 81.9 Å². The normalized spacial score (nSPS) is 57.2. The van der Waals surface area contributed by atoms with Crippen molar-refractivity contribution in [3.8, 4) is 0 Å². The van der Waals surface area contributed by atoms with E-state index < -0.39 is 34.1 Å². The molecule has 8 aliphatic rings. The summed E-state index contributed by atoms with van der Waals surface area (Å²) < 4.78 is 24.5. The molecule has 0 radical (unpaired) electrons. The van der Waals surface area contributed by atoms with Crippen LogP contribution in [0.25, 0.3) is 0 Å². The maximum Gasteiger partial charge on any atom is 0.331 e. The Morgan fingerprint density at radius 1 is 1.07 bits per heavy atom. The van der Waals surface area contributed by atoms with Crippen molar-refractivity contribution >= 4 is 30.2 Å². The van der Waals surface area contributed by atoms with Crippen molar-refractivity contribution in [2.24, 2.45) is 39.5 Å². The molecular formula is C31H41NO8S. The van der Waals surface area contributed by atoms with Gasteiger partial charge in [0, 0.05) is 35.3 Å². The molecule has 2 saturated heterocycles. The molecule has 224 valence electrons. The highest BCUT2D eigenvalue weighted by molar-refractivity contribution is 8.01. The first-order valence-corrected chi connectivity index (χ1v) is 16.5. The molecule has 0 aromatic carbocycles. The summed E-state index contributed by atoms with van der Waals surface area (Å²) in [6.45, 7) is 4.49. The lowest BCUT2D eigenvalue weighted by atomic mass is 9.42. The van der Waals surface area contributed by atoms with Gasteiger partial charge < -0.3 is 34.0 Å². The monoisotopic (exact) mass is 587 g/mol. The zero-order valence-corrected chi connectivity index (χ0v) is 24.6. The number of thioether (sulfide) groups is 1. The van der Waals surface area contributed by atoms with E-state index in [1.54, 1.807) is 17.8 Å². The number of hydrogen-bond donors (Lipinski definition) is 2. The fraction of sp³-hybridized carbons (Fsp3) is 0.839. The Morgan fingerprint density at radius 2 is 1.93 bits per heavy atom. The molecule has 4 saturated carbocycles. The minimum absolute atomic E-state index is 0.0107. The number of fused-ring (bicyclic) bond motifs is 8. The van der Waals surface area contributed by atoms with Gasteiger partial charge in [-0.1, -0.05) is 6.92 Å². The van der Waals surface area contributed by atoms with E-state index in [-0.39, 0.29) is 47.3 Å². The molecule has 1 spiro atoms. The zero-order chi connectivity index (χ0) is 28.4. The molecule has 4 aliphatic heterocycles. The van der Waals surface area contributed by atoms with Crippen molar-refractivity contribution in [3.05, 3.63) is 11.6 Å². The van der Waals surface area contributed by atoms with E-state index in [1.165, 1.54) is 6.29 Å². The van der Waals surface area contributed by atoms with Gasteiger partial charge in [-0.25, -0.2) is 4.79 Å². The summed E-state index contributed by atoms with van der Waals surface area (Å²) in [5.74, 6) is -1.08. The van der Waals surface area contributed by atoms with Crippen LogP contribution in [0.3, 0.4) is 0 Å². The second-order valence-electron chi connectivity index (χ2n) is 14.4. The fourth-order valence-electron chi connectivity index (χ4n) is 11.0. The molecule has 0 amide bonds.